The van der Waals surface area contributed by atoms with Crippen LogP contribution in [0, 0.1) is 10.1 Å². The molecular weight excluding hydrogens is 336 g/mol. The molecule has 3 rings (SSSR count). The highest BCUT2D eigenvalue weighted by Gasteiger charge is 2.09. The summed E-state index contributed by atoms with van der Waals surface area (Å²) < 4.78 is 5.63. The van der Waals surface area contributed by atoms with E-state index in [2.05, 4.69) is 5.32 Å². The number of non-ortho nitro benzene ring substituents is 1. The summed E-state index contributed by atoms with van der Waals surface area (Å²) in [5, 5.41) is 22.8. The van der Waals surface area contributed by atoms with Gasteiger partial charge < -0.3 is 15.2 Å². The molecule has 1 amide bonds. The third-order valence-electron chi connectivity index (χ3n) is 3.48. The van der Waals surface area contributed by atoms with E-state index in [1.807, 2.05) is 0 Å². The van der Waals surface area contributed by atoms with Gasteiger partial charge in [0, 0.05) is 29.4 Å². The smallest absolute Gasteiger partial charge is 0.269 e. The standard InChI is InChI=1S/C19H14N2O5/c22-16-5-2-4-14(12-16)20-19(23)13-3-1-6-18(11-13)26-17-9-7-15(8-10-17)21(24)25/h1-12,22H,(H,20,23). The number of benzene rings is 3. The van der Waals surface area contributed by atoms with Crippen LogP contribution in [0.4, 0.5) is 11.4 Å². The van der Waals surface area contributed by atoms with Crippen molar-refractivity contribution in [3.05, 3.63) is 88.5 Å². The van der Waals surface area contributed by atoms with Crippen molar-refractivity contribution in [1.82, 2.24) is 0 Å². The Bertz CT molecular complexity index is 954. The first-order valence-electron chi connectivity index (χ1n) is 7.64. The fraction of sp³-hybridized carbons (Fsp3) is 0. The third kappa shape index (κ3) is 4.15. The van der Waals surface area contributed by atoms with Crippen LogP contribution in [0.1, 0.15) is 10.4 Å². The molecule has 0 atom stereocenters. The highest BCUT2D eigenvalue weighted by atomic mass is 16.6. The number of ether oxygens (including phenoxy) is 1. The lowest BCUT2D eigenvalue weighted by atomic mass is 10.2. The molecule has 0 unspecified atom stereocenters. The lowest BCUT2D eigenvalue weighted by Crippen LogP contribution is -2.11. The predicted molar refractivity (Wildman–Crippen MR) is 95.7 cm³/mol. The highest BCUT2D eigenvalue weighted by molar-refractivity contribution is 6.04. The van der Waals surface area contributed by atoms with Crippen LogP contribution in [0.3, 0.4) is 0 Å². The van der Waals surface area contributed by atoms with E-state index in [0.29, 0.717) is 22.7 Å². The maximum Gasteiger partial charge on any atom is 0.269 e. The zero-order valence-corrected chi connectivity index (χ0v) is 13.5. The van der Waals surface area contributed by atoms with Crippen molar-refractivity contribution in [2.24, 2.45) is 0 Å². The summed E-state index contributed by atoms with van der Waals surface area (Å²) in [6.45, 7) is 0. The lowest BCUT2D eigenvalue weighted by molar-refractivity contribution is -0.384. The third-order valence-corrected chi connectivity index (χ3v) is 3.48. The average Bonchev–Trinajstić information content (AvgIpc) is 2.62. The molecule has 2 N–H and O–H groups in total. The van der Waals surface area contributed by atoms with Gasteiger partial charge in [-0.25, -0.2) is 0 Å². The van der Waals surface area contributed by atoms with Gasteiger partial charge >= 0.3 is 0 Å². The zero-order chi connectivity index (χ0) is 18.5. The Morgan fingerprint density at radius 1 is 0.962 bits per heavy atom. The van der Waals surface area contributed by atoms with Crippen LogP contribution in [0.2, 0.25) is 0 Å². The largest absolute Gasteiger partial charge is 0.508 e. The zero-order valence-electron chi connectivity index (χ0n) is 13.5. The van der Waals surface area contributed by atoms with Crippen molar-refractivity contribution in [3.8, 4) is 17.2 Å². The minimum Gasteiger partial charge on any atom is -0.508 e. The van der Waals surface area contributed by atoms with E-state index in [1.54, 1.807) is 36.4 Å². The molecule has 0 radical (unpaired) electrons. The monoisotopic (exact) mass is 350 g/mol. The van der Waals surface area contributed by atoms with E-state index in [4.69, 9.17) is 4.74 Å². The summed E-state index contributed by atoms with van der Waals surface area (Å²) in [6, 6.07) is 18.4. The van der Waals surface area contributed by atoms with Gasteiger partial charge in [-0.3, -0.25) is 14.9 Å². The van der Waals surface area contributed by atoms with E-state index in [1.165, 1.54) is 36.4 Å². The molecule has 0 heterocycles. The number of carbonyl (C=O) groups excluding carboxylic acids is 1. The van der Waals surface area contributed by atoms with Gasteiger partial charge in [-0.1, -0.05) is 12.1 Å². The Hall–Kier alpha value is -3.87. The van der Waals surface area contributed by atoms with E-state index in [-0.39, 0.29) is 17.3 Å². The number of nitrogens with zero attached hydrogens (tertiary/aromatic N) is 1. The quantitative estimate of drug-likeness (QED) is 0.526. The van der Waals surface area contributed by atoms with Crippen molar-refractivity contribution < 1.29 is 19.6 Å². The van der Waals surface area contributed by atoms with Crippen molar-refractivity contribution >= 4 is 17.3 Å². The van der Waals surface area contributed by atoms with Crippen LogP contribution in [-0.2, 0) is 0 Å². The van der Waals surface area contributed by atoms with E-state index < -0.39 is 4.92 Å². The molecule has 0 aliphatic heterocycles. The molecule has 7 heteroatoms. The van der Waals surface area contributed by atoms with E-state index in [9.17, 15) is 20.0 Å². The maximum absolute atomic E-state index is 12.3. The van der Waals surface area contributed by atoms with Crippen molar-refractivity contribution in [1.29, 1.82) is 0 Å². The minimum atomic E-state index is -0.490. The Morgan fingerprint density at radius 3 is 2.38 bits per heavy atom. The van der Waals surface area contributed by atoms with Crippen LogP contribution in [-0.4, -0.2) is 15.9 Å². The summed E-state index contributed by atoms with van der Waals surface area (Å²) in [6.07, 6.45) is 0. The number of hydrogen-bond acceptors (Lipinski definition) is 5. The Labute approximate surface area is 148 Å². The van der Waals surface area contributed by atoms with Gasteiger partial charge in [0.2, 0.25) is 0 Å². The Kier molecular flexibility index (Phi) is 4.80. The van der Waals surface area contributed by atoms with Gasteiger partial charge in [-0.05, 0) is 42.5 Å². The van der Waals surface area contributed by atoms with Crippen molar-refractivity contribution in [2.75, 3.05) is 5.32 Å². The second-order valence-corrected chi connectivity index (χ2v) is 5.39. The summed E-state index contributed by atoms with van der Waals surface area (Å²) >= 11 is 0. The van der Waals surface area contributed by atoms with Gasteiger partial charge in [0.05, 0.1) is 4.92 Å². The molecule has 0 fully saturated rings. The van der Waals surface area contributed by atoms with Crippen LogP contribution in [0.15, 0.2) is 72.8 Å². The van der Waals surface area contributed by atoms with Crippen LogP contribution in [0.25, 0.3) is 0 Å². The molecule has 0 aliphatic carbocycles. The van der Waals surface area contributed by atoms with Gasteiger partial charge in [-0.15, -0.1) is 0 Å². The number of aromatic hydroxyl groups is 1. The molecule has 3 aromatic rings. The number of rotatable bonds is 5. The fourth-order valence-corrected chi connectivity index (χ4v) is 2.26. The molecule has 0 aliphatic rings. The van der Waals surface area contributed by atoms with Crippen LogP contribution < -0.4 is 10.1 Å². The molecule has 0 bridgehead atoms. The fourth-order valence-electron chi connectivity index (χ4n) is 2.26. The normalized spacial score (nSPS) is 10.2. The average molecular weight is 350 g/mol. The molecule has 7 nitrogen and oxygen atoms in total. The molecule has 0 aromatic heterocycles. The maximum atomic E-state index is 12.3. The minimum absolute atomic E-state index is 0.0309. The molecule has 0 saturated carbocycles. The predicted octanol–water partition coefficient (Wildman–Crippen LogP) is 4.35. The molecule has 0 saturated heterocycles. The molecule has 0 spiro atoms. The Balaban J connectivity index is 1.73. The first-order valence-corrected chi connectivity index (χ1v) is 7.64. The van der Waals surface area contributed by atoms with Gasteiger partial charge in [-0.2, -0.15) is 0 Å². The van der Waals surface area contributed by atoms with E-state index in [0.717, 1.165) is 0 Å². The Morgan fingerprint density at radius 2 is 1.69 bits per heavy atom. The number of anilines is 1. The van der Waals surface area contributed by atoms with Crippen molar-refractivity contribution in [2.45, 2.75) is 0 Å². The van der Waals surface area contributed by atoms with Crippen LogP contribution in [0.5, 0.6) is 17.2 Å². The second kappa shape index (κ2) is 7.35. The van der Waals surface area contributed by atoms with Crippen molar-refractivity contribution in [3.63, 3.8) is 0 Å². The van der Waals surface area contributed by atoms with Gasteiger partial charge in [0.15, 0.2) is 0 Å². The molecular formula is C19H14N2O5. The highest BCUT2D eigenvalue weighted by Crippen LogP contribution is 2.25. The number of amides is 1. The van der Waals surface area contributed by atoms with Gasteiger partial charge in [0.1, 0.15) is 17.2 Å². The topological polar surface area (TPSA) is 102 Å². The number of phenols is 1. The summed E-state index contributed by atoms with van der Waals surface area (Å²) in [5.41, 5.74) is 0.807. The van der Waals surface area contributed by atoms with Crippen LogP contribution >= 0.6 is 0 Å². The number of carbonyl (C=O) groups is 1. The number of phenolic OH excluding ortho intramolecular Hbond substituents is 1. The summed E-state index contributed by atoms with van der Waals surface area (Å²) in [4.78, 5) is 22.5. The molecule has 3 aromatic carbocycles. The summed E-state index contributed by atoms with van der Waals surface area (Å²) in [5.74, 6) is 0.534. The molecule has 26 heavy (non-hydrogen) atoms. The lowest BCUT2D eigenvalue weighted by Gasteiger charge is -2.09. The second-order valence-electron chi connectivity index (χ2n) is 5.39. The summed E-state index contributed by atoms with van der Waals surface area (Å²) in [7, 11) is 0. The number of nitro groups is 1. The first-order chi connectivity index (χ1) is 12.5. The molecule has 130 valence electrons. The van der Waals surface area contributed by atoms with E-state index >= 15 is 0 Å². The number of nitro benzene ring substituents is 1. The number of hydrogen-bond donors (Lipinski definition) is 2. The van der Waals surface area contributed by atoms with Gasteiger partial charge in [0.25, 0.3) is 11.6 Å². The first kappa shape index (κ1) is 17.0. The number of nitrogens with one attached hydrogen (secondary N) is 1. The SMILES string of the molecule is O=C(Nc1cccc(O)c1)c1cccc(Oc2ccc([N+](=O)[O-])cc2)c1.